The van der Waals surface area contributed by atoms with Gasteiger partial charge in [-0.05, 0) is 19.8 Å². The summed E-state index contributed by atoms with van der Waals surface area (Å²) in [4.78, 5) is 31.0. The molecule has 1 aliphatic heterocycles. The van der Waals surface area contributed by atoms with E-state index in [2.05, 4.69) is 4.98 Å². The van der Waals surface area contributed by atoms with Crippen molar-refractivity contribution < 1.29 is 14.0 Å². The third-order valence-electron chi connectivity index (χ3n) is 5.00. The molecule has 0 N–H and O–H groups in total. The molecule has 2 heterocycles. The summed E-state index contributed by atoms with van der Waals surface area (Å²) >= 11 is 0. The normalized spacial score (nSPS) is 25.7. The molecule has 1 atom stereocenters. The van der Waals surface area contributed by atoms with Crippen LogP contribution >= 0.6 is 0 Å². The first-order valence-corrected chi connectivity index (χ1v) is 8.08. The molecular weight excluding hydrogens is 306 g/mol. The van der Waals surface area contributed by atoms with Crippen molar-refractivity contribution in [2.45, 2.75) is 40.5 Å². The maximum atomic E-state index is 12.7. The Kier molecular flexibility index (Phi) is 3.63. The second-order valence-corrected chi connectivity index (χ2v) is 7.54. The second-order valence-electron chi connectivity index (χ2n) is 7.54. The van der Waals surface area contributed by atoms with Crippen LogP contribution in [0.15, 0.2) is 16.1 Å². The van der Waals surface area contributed by atoms with Crippen molar-refractivity contribution in [3.63, 3.8) is 0 Å². The number of allylic oxidation sites excluding steroid dienone is 1. The molecule has 2 aliphatic rings. The summed E-state index contributed by atoms with van der Waals surface area (Å²) in [5, 5.41) is 9.29. The molecule has 1 amide bonds. The largest absolute Gasteiger partial charge is 0.445 e. The summed E-state index contributed by atoms with van der Waals surface area (Å²) in [7, 11) is 0. The highest BCUT2D eigenvalue weighted by molar-refractivity contribution is 6.03. The lowest BCUT2D eigenvalue weighted by molar-refractivity contribution is -0.125. The van der Waals surface area contributed by atoms with Crippen LogP contribution in [0.4, 0.5) is 0 Å². The molecule has 126 valence electrons. The van der Waals surface area contributed by atoms with E-state index in [-0.39, 0.29) is 22.7 Å². The smallest absolute Gasteiger partial charge is 0.276 e. The average molecular weight is 327 g/mol. The van der Waals surface area contributed by atoms with E-state index in [1.807, 2.05) is 19.9 Å². The van der Waals surface area contributed by atoms with Gasteiger partial charge in [0.2, 0.25) is 0 Å². The quantitative estimate of drug-likeness (QED) is 0.791. The minimum absolute atomic E-state index is 0.108. The molecule has 6 nitrogen and oxygen atoms in total. The maximum absolute atomic E-state index is 12.7. The number of carbonyl (C=O) groups excluding carboxylic acids is 2. The van der Waals surface area contributed by atoms with Crippen LogP contribution < -0.4 is 0 Å². The van der Waals surface area contributed by atoms with E-state index < -0.39 is 5.41 Å². The number of ketones is 1. The molecule has 24 heavy (non-hydrogen) atoms. The monoisotopic (exact) mass is 327 g/mol. The van der Waals surface area contributed by atoms with Crippen LogP contribution in [0.5, 0.6) is 0 Å². The molecule has 0 unspecified atom stereocenters. The number of aryl methyl sites for hydroxylation is 2. The zero-order valence-corrected chi connectivity index (χ0v) is 14.5. The predicted octanol–water partition coefficient (Wildman–Crippen LogP) is 2.57. The standard InChI is InChI=1S/C18H21N3O3/c1-11-14(20-12(2)24-11)16(23)21-6-5-18(10-21)7-13(8-19)15(22)17(3,4)9-18/h7H,5-6,9-10H2,1-4H3/t18-/m0/s1. The molecule has 0 saturated carbocycles. The van der Waals surface area contributed by atoms with E-state index in [4.69, 9.17) is 4.42 Å². The lowest BCUT2D eigenvalue weighted by atomic mass is 9.64. The fourth-order valence-corrected chi connectivity index (χ4v) is 4.04. The summed E-state index contributed by atoms with van der Waals surface area (Å²) in [6, 6.07) is 2.03. The molecule has 1 saturated heterocycles. The van der Waals surface area contributed by atoms with E-state index in [0.29, 0.717) is 36.9 Å². The third-order valence-corrected chi connectivity index (χ3v) is 5.00. The first-order chi connectivity index (χ1) is 11.2. The Morgan fingerprint density at radius 3 is 2.71 bits per heavy atom. The van der Waals surface area contributed by atoms with E-state index >= 15 is 0 Å². The topological polar surface area (TPSA) is 87.2 Å². The Morgan fingerprint density at radius 1 is 1.42 bits per heavy atom. The Bertz CT molecular complexity index is 797. The molecule has 3 rings (SSSR count). The zero-order chi connectivity index (χ0) is 17.7. The van der Waals surface area contributed by atoms with Gasteiger partial charge < -0.3 is 9.32 Å². The number of nitriles is 1. The van der Waals surface area contributed by atoms with Crippen molar-refractivity contribution in [3.05, 3.63) is 29.0 Å². The number of nitrogens with zero attached hydrogens (tertiary/aromatic N) is 3. The van der Waals surface area contributed by atoms with Gasteiger partial charge in [0.05, 0.1) is 5.57 Å². The van der Waals surface area contributed by atoms with Crippen molar-refractivity contribution in [1.82, 2.24) is 9.88 Å². The minimum atomic E-state index is -0.584. The van der Waals surface area contributed by atoms with Crippen LogP contribution in [-0.2, 0) is 4.79 Å². The Hall–Kier alpha value is -2.42. The Morgan fingerprint density at radius 2 is 2.12 bits per heavy atom. The summed E-state index contributed by atoms with van der Waals surface area (Å²) < 4.78 is 5.36. The molecule has 6 heteroatoms. The first-order valence-electron chi connectivity index (χ1n) is 8.08. The summed E-state index contributed by atoms with van der Waals surface area (Å²) in [6.07, 6.45) is 3.18. The first kappa shape index (κ1) is 16.4. The summed E-state index contributed by atoms with van der Waals surface area (Å²) in [6.45, 7) is 8.28. The van der Waals surface area contributed by atoms with Crippen LogP contribution in [0.1, 0.15) is 48.8 Å². The maximum Gasteiger partial charge on any atom is 0.276 e. The van der Waals surface area contributed by atoms with Crippen LogP contribution in [-0.4, -0.2) is 34.7 Å². The number of amides is 1. The molecule has 1 fully saturated rings. The van der Waals surface area contributed by atoms with Gasteiger partial charge in [-0.1, -0.05) is 19.9 Å². The fourth-order valence-electron chi connectivity index (χ4n) is 4.04. The molecular formula is C18H21N3O3. The van der Waals surface area contributed by atoms with Gasteiger partial charge in [0.15, 0.2) is 17.4 Å². The van der Waals surface area contributed by atoms with Gasteiger partial charge in [0.1, 0.15) is 11.8 Å². The summed E-state index contributed by atoms with van der Waals surface area (Å²) in [5.41, 5.74) is -0.335. The van der Waals surface area contributed by atoms with Gasteiger partial charge in [-0.15, -0.1) is 0 Å². The molecule has 1 aliphatic carbocycles. The van der Waals surface area contributed by atoms with E-state index in [9.17, 15) is 14.9 Å². The number of carbonyl (C=O) groups is 2. The minimum Gasteiger partial charge on any atom is -0.445 e. The van der Waals surface area contributed by atoms with Crippen molar-refractivity contribution in [3.8, 4) is 6.07 Å². The number of Topliss-reactive ketones (excluding diaryl/α,β-unsaturated/α-hetero) is 1. The molecule has 1 spiro atoms. The zero-order valence-electron chi connectivity index (χ0n) is 14.5. The number of hydrogen-bond acceptors (Lipinski definition) is 5. The van der Waals surface area contributed by atoms with E-state index in [1.165, 1.54) is 0 Å². The molecule has 0 radical (unpaired) electrons. The van der Waals surface area contributed by atoms with E-state index in [1.54, 1.807) is 24.8 Å². The van der Waals surface area contributed by atoms with Crippen molar-refractivity contribution in [2.75, 3.05) is 13.1 Å². The highest BCUT2D eigenvalue weighted by Gasteiger charge is 2.49. The molecule has 1 aromatic rings. The molecule has 0 aromatic carbocycles. The average Bonchev–Trinajstić information content (AvgIpc) is 3.05. The molecule has 1 aromatic heterocycles. The summed E-state index contributed by atoms with van der Waals surface area (Å²) in [5.74, 6) is 0.734. The van der Waals surface area contributed by atoms with Gasteiger partial charge in [-0.25, -0.2) is 4.98 Å². The van der Waals surface area contributed by atoms with Crippen molar-refractivity contribution in [1.29, 1.82) is 5.26 Å². The predicted molar refractivity (Wildman–Crippen MR) is 86.0 cm³/mol. The lowest BCUT2D eigenvalue weighted by Crippen LogP contribution is -2.40. The van der Waals surface area contributed by atoms with Crippen molar-refractivity contribution >= 4 is 11.7 Å². The fraction of sp³-hybridized carbons (Fsp3) is 0.556. The van der Waals surface area contributed by atoms with Gasteiger partial charge in [-0.3, -0.25) is 9.59 Å². The third kappa shape index (κ3) is 2.54. The number of oxazole rings is 1. The van der Waals surface area contributed by atoms with Crippen LogP contribution in [0.3, 0.4) is 0 Å². The van der Waals surface area contributed by atoms with Gasteiger partial charge in [-0.2, -0.15) is 5.26 Å². The van der Waals surface area contributed by atoms with Gasteiger partial charge in [0.25, 0.3) is 5.91 Å². The number of rotatable bonds is 1. The van der Waals surface area contributed by atoms with Crippen LogP contribution in [0.2, 0.25) is 0 Å². The Balaban J connectivity index is 1.88. The molecule has 0 bridgehead atoms. The highest BCUT2D eigenvalue weighted by atomic mass is 16.4. The Labute approximate surface area is 141 Å². The van der Waals surface area contributed by atoms with Crippen LogP contribution in [0.25, 0.3) is 0 Å². The SMILES string of the molecule is Cc1nc(C(=O)N2CC[C@@]3(C=C(C#N)C(=O)C(C)(C)C3)C2)c(C)o1. The lowest BCUT2D eigenvalue weighted by Gasteiger charge is -2.38. The van der Waals surface area contributed by atoms with Gasteiger partial charge >= 0.3 is 0 Å². The number of likely N-dealkylation sites (tertiary alicyclic amines) is 1. The van der Waals surface area contributed by atoms with Gasteiger partial charge in [0, 0.05) is 30.8 Å². The van der Waals surface area contributed by atoms with Crippen molar-refractivity contribution in [2.24, 2.45) is 10.8 Å². The number of aromatic nitrogens is 1. The van der Waals surface area contributed by atoms with E-state index in [0.717, 1.165) is 6.42 Å². The van der Waals surface area contributed by atoms with Crippen LogP contribution in [0, 0.1) is 36.0 Å². The second kappa shape index (κ2) is 5.30. The number of hydrogen-bond donors (Lipinski definition) is 0. The highest BCUT2D eigenvalue weighted by Crippen LogP contribution is 2.48.